The molecule has 1 fully saturated rings. The van der Waals surface area contributed by atoms with Crippen LogP contribution in [0.2, 0.25) is 0 Å². The maximum atomic E-state index is 12.9. The van der Waals surface area contributed by atoms with Crippen LogP contribution in [0.25, 0.3) is 0 Å². The van der Waals surface area contributed by atoms with E-state index in [1.54, 1.807) is 4.90 Å². The summed E-state index contributed by atoms with van der Waals surface area (Å²) in [5.74, 6) is 0.454. The predicted octanol–water partition coefficient (Wildman–Crippen LogP) is 3.30. The van der Waals surface area contributed by atoms with Gasteiger partial charge >= 0.3 is 0 Å². The minimum atomic E-state index is -0.324. The second-order valence-corrected chi connectivity index (χ2v) is 7.48. The number of hydrogen-bond acceptors (Lipinski definition) is 3. The molecule has 2 aromatic carbocycles. The SMILES string of the molecule is Cc1ccc(N2CC(C(=O)NC3CCOc4ccc(C)cc43)CC2=O)cc1. The van der Waals surface area contributed by atoms with E-state index in [0.29, 0.717) is 13.2 Å². The number of aryl methyl sites for hydroxylation is 2. The molecule has 1 N–H and O–H groups in total. The summed E-state index contributed by atoms with van der Waals surface area (Å²) in [7, 11) is 0. The summed E-state index contributed by atoms with van der Waals surface area (Å²) in [6, 6.07) is 13.8. The Morgan fingerprint density at radius 1 is 1.11 bits per heavy atom. The van der Waals surface area contributed by atoms with E-state index in [2.05, 4.69) is 11.4 Å². The molecule has 2 aromatic rings. The van der Waals surface area contributed by atoms with Gasteiger partial charge in [0, 0.05) is 30.6 Å². The number of nitrogens with one attached hydrogen (secondary N) is 1. The second-order valence-electron chi connectivity index (χ2n) is 7.48. The summed E-state index contributed by atoms with van der Waals surface area (Å²) in [6.45, 7) is 5.06. The maximum absolute atomic E-state index is 12.9. The number of carbonyl (C=O) groups excluding carboxylic acids is 2. The summed E-state index contributed by atoms with van der Waals surface area (Å²) in [6.07, 6.45) is 0.994. The first kappa shape index (κ1) is 17.6. The van der Waals surface area contributed by atoms with Gasteiger partial charge in [-0.3, -0.25) is 9.59 Å². The number of carbonyl (C=O) groups is 2. The van der Waals surface area contributed by atoms with Crippen LogP contribution in [0.3, 0.4) is 0 Å². The summed E-state index contributed by atoms with van der Waals surface area (Å²) < 4.78 is 5.70. The van der Waals surface area contributed by atoms with Crippen LogP contribution in [-0.2, 0) is 9.59 Å². The van der Waals surface area contributed by atoms with Crippen LogP contribution < -0.4 is 15.0 Å². The van der Waals surface area contributed by atoms with Gasteiger partial charge in [-0.2, -0.15) is 0 Å². The van der Waals surface area contributed by atoms with Gasteiger partial charge in [-0.25, -0.2) is 0 Å². The van der Waals surface area contributed by atoms with E-state index in [1.165, 1.54) is 0 Å². The molecule has 0 spiro atoms. The van der Waals surface area contributed by atoms with Crippen LogP contribution >= 0.6 is 0 Å². The summed E-state index contributed by atoms with van der Waals surface area (Å²) >= 11 is 0. The van der Waals surface area contributed by atoms with Crippen LogP contribution in [-0.4, -0.2) is 25.0 Å². The molecule has 140 valence electrons. The molecule has 0 aromatic heterocycles. The maximum Gasteiger partial charge on any atom is 0.227 e. The molecule has 5 nitrogen and oxygen atoms in total. The van der Waals surface area contributed by atoms with Crippen molar-refractivity contribution in [2.75, 3.05) is 18.1 Å². The minimum Gasteiger partial charge on any atom is -0.493 e. The zero-order valence-electron chi connectivity index (χ0n) is 15.7. The molecule has 2 aliphatic heterocycles. The van der Waals surface area contributed by atoms with Crippen molar-refractivity contribution in [3.8, 4) is 5.75 Å². The van der Waals surface area contributed by atoms with E-state index >= 15 is 0 Å². The lowest BCUT2D eigenvalue weighted by Gasteiger charge is -2.28. The van der Waals surface area contributed by atoms with Gasteiger partial charge in [0.25, 0.3) is 0 Å². The molecular weight excluding hydrogens is 340 g/mol. The Hall–Kier alpha value is -2.82. The van der Waals surface area contributed by atoms with Crippen LogP contribution in [0.4, 0.5) is 5.69 Å². The second kappa shape index (κ2) is 7.06. The highest BCUT2D eigenvalue weighted by Gasteiger charge is 2.36. The molecule has 0 aliphatic carbocycles. The highest BCUT2D eigenvalue weighted by Crippen LogP contribution is 2.33. The Kier molecular flexibility index (Phi) is 4.60. The number of fused-ring (bicyclic) bond motifs is 1. The number of anilines is 1. The van der Waals surface area contributed by atoms with Gasteiger partial charge in [0.2, 0.25) is 11.8 Å². The zero-order chi connectivity index (χ0) is 19.0. The molecule has 2 aliphatic rings. The third-order valence-electron chi connectivity index (χ3n) is 5.36. The van der Waals surface area contributed by atoms with Gasteiger partial charge < -0.3 is 15.0 Å². The number of nitrogens with zero attached hydrogens (tertiary/aromatic N) is 1. The van der Waals surface area contributed by atoms with Crippen molar-refractivity contribution in [1.29, 1.82) is 0 Å². The first-order valence-corrected chi connectivity index (χ1v) is 9.42. The van der Waals surface area contributed by atoms with Gasteiger partial charge in [0.1, 0.15) is 5.75 Å². The van der Waals surface area contributed by atoms with E-state index in [9.17, 15) is 9.59 Å². The molecule has 2 amide bonds. The molecular formula is C22H24N2O3. The summed E-state index contributed by atoms with van der Waals surface area (Å²) in [5, 5.41) is 3.15. The highest BCUT2D eigenvalue weighted by atomic mass is 16.5. The number of rotatable bonds is 3. The Labute approximate surface area is 159 Å². The zero-order valence-corrected chi connectivity index (χ0v) is 15.7. The van der Waals surface area contributed by atoms with Gasteiger partial charge in [0.15, 0.2) is 0 Å². The average molecular weight is 364 g/mol. The number of hydrogen-bond donors (Lipinski definition) is 1. The molecule has 27 heavy (non-hydrogen) atoms. The molecule has 0 bridgehead atoms. The molecule has 2 heterocycles. The summed E-state index contributed by atoms with van der Waals surface area (Å²) in [4.78, 5) is 27.0. The topological polar surface area (TPSA) is 58.6 Å². The molecule has 1 saturated heterocycles. The van der Waals surface area contributed by atoms with E-state index in [1.807, 2.05) is 50.2 Å². The van der Waals surface area contributed by atoms with Gasteiger partial charge in [-0.15, -0.1) is 0 Å². The van der Waals surface area contributed by atoms with E-state index in [4.69, 9.17) is 4.74 Å². The molecule has 4 rings (SSSR count). The highest BCUT2D eigenvalue weighted by molar-refractivity contribution is 6.00. The van der Waals surface area contributed by atoms with Crippen LogP contribution in [0.1, 0.15) is 35.6 Å². The lowest BCUT2D eigenvalue weighted by Crippen LogP contribution is -2.37. The fourth-order valence-corrected chi connectivity index (χ4v) is 3.81. The van der Waals surface area contributed by atoms with E-state index in [0.717, 1.165) is 34.5 Å². The van der Waals surface area contributed by atoms with Gasteiger partial charge in [-0.1, -0.05) is 35.4 Å². The number of benzene rings is 2. The smallest absolute Gasteiger partial charge is 0.227 e. The summed E-state index contributed by atoms with van der Waals surface area (Å²) in [5.41, 5.74) is 4.16. The molecule has 5 heteroatoms. The molecule has 0 saturated carbocycles. The van der Waals surface area contributed by atoms with Gasteiger partial charge in [0.05, 0.1) is 18.6 Å². The van der Waals surface area contributed by atoms with Gasteiger partial charge in [-0.05, 0) is 32.0 Å². The molecule has 2 atom stereocenters. The fraction of sp³-hybridized carbons (Fsp3) is 0.364. The fourth-order valence-electron chi connectivity index (χ4n) is 3.81. The van der Waals surface area contributed by atoms with Crippen LogP contribution in [0.15, 0.2) is 42.5 Å². The van der Waals surface area contributed by atoms with Crippen molar-refractivity contribution in [2.45, 2.75) is 32.7 Å². The predicted molar refractivity (Wildman–Crippen MR) is 104 cm³/mol. The Morgan fingerprint density at radius 2 is 1.85 bits per heavy atom. The number of amides is 2. The third kappa shape index (κ3) is 3.54. The first-order valence-electron chi connectivity index (χ1n) is 9.42. The number of ether oxygens (including phenoxy) is 1. The molecule has 2 unspecified atom stereocenters. The van der Waals surface area contributed by atoms with Crippen molar-refractivity contribution >= 4 is 17.5 Å². The monoisotopic (exact) mass is 364 g/mol. The van der Waals surface area contributed by atoms with E-state index in [-0.39, 0.29) is 30.2 Å². The van der Waals surface area contributed by atoms with Crippen molar-refractivity contribution < 1.29 is 14.3 Å². The Morgan fingerprint density at radius 3 is 2.63 bits per heavy atom. The van der Waals surface area contributed by atoms with Crippen molar-refractivity contribution in [3.05, 3.63) is 59.2 Å². The minimum absolute atomic E-state index is 0.00206. The Bertz CT molecular complexity index is 876. The average Bonchev–Trinajstić information content (AvgIpc) is 3.05. The third-order valence-corrected chi connectivity index (χ3v) is 5.36. The van der Waals surface area contributed by atoms with Crippen LogP contribution in [0.5, 0.6) is 5.75 Å². The van der Waals surface area contributed by atoms with Crippen molar-refractivity contribution in [1.82, 2.24) is 5.32 Å². The van der Waals surface area contributed by atoms with E-state index < -0.39 is 0 Å². The quantitative estimate of drug-likeness (QED) is 0.909. The molecule has 0 radical (unpaired) electrons. The lowest BCUT2D eigenvalue weighted by molar-refractivity contribution is -0.127. The van der Waals surface area contributed by atoms with Crippen LogP contribution in [0, 0.1) is 19.8 Å². The lowest BCUT2D eigenvalue weighted by atomic mass is 9.97. The normalized spacial score (nSPS) is 21.6. The van der Waals surface area contributed by atoms with Crippen molar-refractivity contribution in [3.63, 3.8) is 0 Å². The Balaban J connectivity index is 1.46. The largest absolute Gasteiger partial charge is 0.493 e. The standard InChI is InChI=1S/C22H24N2O3/c1-14-3-6-17(7-4-14)24-13-16(12-21(24)25)22(26)23-19-9-10-27-20-8-5-15(2)11-18(19)20/h3-8,11,16,19H,9-10,12-13H2,1-2H3,(H,23,26). The van der Waals surface area contributed by atoms with Crippen molar-refractivity contribution in [2.24, 2.45) is 5.92 Å². The first-order chi connectivity index (χ1) is 13.0.